The number of hydrogen-bond donors (Lipinski definition) is 2. The third-order valence-electron chi connectivity index (χ3n) is 2.89. The van der Waals surface area contributed by atoms with Gasteiger partial charge in [-0.1, -0.05) is 37.4 Å². The number of ether oxygens (including phenoxy) is 2. The van der Waals surface area contributed by atoms with Crippen LogP contribution in [0.5, 0.6) is 0 Å². The normalized spacial score (nSPS) is 15.8. The molecule has 0 aromatic heterocycles. The molecule has 6 nitrogen and oxygen atoms in total. The second-order valence-electron chi connectivity index (χ2n) is 4.79. The molecule has 2 atom stereocenters. The van der Waals surface area contributed by atoms with Crippen molar-refractivity contribution in [3.05, 3.63) is 60.7 Å². The van der Waals surface area contributed by atoms with E-state index < -0.39 is 23.5 Å². The minimum atomic E-state index is -1.85. The van der Waals surface area contributed by atoms with Crippen LogP contribution in [-0.4, -0.2) is 22.2 Å². The van der Waals surface area contributed by atoms with Gasteiger partial charge in [0.05, 0.1) is 0 Å². The van der Waals surface area contributed by atoms with E-state index in [4.69, 9.17) is 9.47 Å². The van der Waals surface area contributed by atoms with Crippen LogP contribution in [0.15, 0.2) is 49.6 Å². The summed E-state index contributed by atoms with van der Waals surface area (Å²) in [4.78, 5) is 22.3. The summed E-state index contributed by atoms with van der Waals surface area (Å²) < 4.78 is 9.64. The first kappa shape index (κ1) is 17.6. The SMILES string of the molecule is C=CC(=O)OC(C)(O)c1ccc(C(C)(O)OC(=O)C=C)cc1. The van der Waals surface area contributed by atoms with Gasteiger partial charge < -0.3 is 19.7 Å². The number of esters is 2. The summed E-state index contributed by atoms with van der Waals surface area (Å²) in [6, 6.07) is 5.73. The zero-order chi connectivity index (χ0) is 17.0. The van der Waals surface area contributed by atoms with Gasteiger partial charge in [-0.05, 0) is 0 Å². The van der Waals surface area contributed by atoms with Gasteiger partial charge in [0.25, 0.3) is 0 Å². The number of hydrogen-bond acceptors (Lipinski definition) is 6. The van der Waals surface area contributed by atoms with Crippen LogP contribution in [0.3, 0.4) is 0 Å². The highest BCUT2D eigenvalue weighted by Gasteiger charge is 2.30. The van der Waals surface area contributed by atoms with Crippen molar-refractivity contribution in [1.82, 2.24) is 0 Å². The molecule has 1 aromatic rings. The Morgan fingerprint density at radius 2 is 1.18 bits per heavy atom. The Hall–Kier alpha value is -2.44. The zero-order valence-electron chi connectivity index (χ0n) is 12.4. The van der Waals surface area contributed by atoms with Crippen molar-refractivity contribution < 1.29 is 29.3 Å². The molecule has 1 aromatic carbocycles. The summed E-state index contributed by atoms with van der Waals surface area (Å²) in [6.07, 6.45) is 1.87. The molecule has 0 saturated carbocycles. The van der Waals surface area contributed by atoms with Crippen molar-refractivity contribution in [2.45, 2.75) is 25.4 Å². The summed E-state index contributed by atoms with van der Waals surface area (Å²) >= 11 is 0. The Bertz CT molecular complexity index is 530. The number of rotatable bonds is 6. The van der Waals surface area contributed by atoms with E-state index in [1.54, 1.807) is 0 Å². The summed E-state index contributed by atoms with van der Waals surface area (Å²) in [5.41, 5.74) is 0.551. The van der Waals surface area contributed by atoms with E-state index in [9.17, 15) is 19.8 Å². The molecular weight excluding hydrogens is 288 g/mol. The molecule has 1 rings (SSSR count). The molecule has 2 unspecified atom stereocenters. The molecule has 0 fully saturated rings. The van der Waals surface area contributed by atoms with Crippen molar-refractivity contribution in [1.29, 1.82) is 0 Å². The largest absolute Gasteiger partial charge is 0.426 e. The van der Waals surface area contributed by atoms with Crippen LogP contribution in [0.2, 0.25) is 0 Å². The second kappa shape index (κ2) is 6.55. The predicted molar refractivity (Wildman–Crippen MR) is 78.2 cm³/mol. The molecule has 0 aliphatic carbocycles. The number of aliphatic hydroxyl groups is 2. The van der Waals surface area contributed by atoms with Gasteiger partial charge in [0.1, 0.15) is 0 Å². The highest BCUT2D eigenvalue weighted by Crippen LogP contribution is 2.27. The van der Waals surface area contributed by atoms with Crippen LogP contribution < -0.4 is 0 Å². The average molecular weight is 306 g/mol. The lowest BCUT2D eigenvalue weighted by Crippen LogP contribution is -2.30. The molecule has 6 heteroatoms. The van der Waals surface area contributed by atoms with Crippen LogP contribution in [-0.2, 0) is 30.6 Å². The molecular formula is C16H18O6. The smallest absolute Gasteiger partial charge is 0.332 e. The predicted octanol–water partition coefficient (Wildman–Crippen LogP) is 1.47. The van der Waals surface area contributed by atoms with Crippen molar-refractivity contribution in [2.24, 2.45) is 0 Å². The molecule has 0 aliphatic heterocycles. The molecule has 0 heterocycles. The average Bonchev–Trinajstić information content (AvgIpc) is 2.46. The summed E-state index contributed by atoms with van der Waals surface area (Å²) in [7, 11) is 0. The number of carbonyl (C=O) groups is 2. The first-order valence-electron chi connectivity index (χ1n) is 6.39. The zero-order valence-corrected chi connectivity index (χ0v) is 12.4. The van der Waals surface area contributed by atoms with E-state index in [2.05, 4.69) is 13.2 Å². The maximum absolute atomic E-state index is 11.2. The monoisotopic (exact) mass is 306 g/mol. The molecule has 0 saturated heterocycles. The molecule has 0 spiro atoms. The molecule has 0 aliphatic rings. The first-order chi connectivity index (χ1) is 10.1. The molecule has 0 amide bonds. The fraction of sp³-hybridized carbons (Fsp3) is 0.250. The van der Waals surface area contributed by atoms with E-state index in [-0.39, 0.29) is 11.1 Å². The van der Waals surface area contributed by atoms with Gasteiger partial charge in [-0.3, -0.25) is 0 Å². The Morgan fingerprint density at radius 3 is 1.41 bits per heavy atom. The highest BCUT2D eigenvalue weighted by atomic mass is 16.7. The van der Waals surface area contributed by atoms with Gasteiger partial charge in [0.2, 0.25) is 11.6 Å². The lowest BCUT2D eigenvalue weighted by molar-refractivity contribution is -0.204. The lowest BCUT2D eigenvalue weighted by atomic mass is 10.0. The van der Waals surface area contributed by atoms with Gasteiger partial charge in [-0.25, -0.2) is 9.59 Å². The second-order valence-corrected chi connectivity index (χ2v) is 4.79. The Balaban J connectivity index is 2.99. The van der Waals surface area contributed by atoms with Gasteiger partial charge in [-0.15, -0.1) is 0 Å². The maximum atomic E-state index is 11.2. The molecule has 22 heavy (non-hydrogen) atoms. The molecule has 2 N–H and O–H groups in total. The Kier molecular flexibility index (Phi) is 5.24. The van der Waals surface area contributed by atoms with Crippen molar-refractivity contribution in [2.75, 3.05) is 0 Å². The first-order valence-corrected chi connectivity index (χ1v) is 6.39. The summed E-state index contributed by atoms with van der Waals surface area (Å²) in [5, 5.41) is 20.2. The fourth-order valence-corrected chi connectivity index (χ4v) is 1.68. The van der Waals surface area contributed by atoms with Gasteiger partial charge >= 0.3 is 11.9 Å². The van der Waals surface area contributed by atoms with E-state index in [0.717, 1.165) is 12.2 Å². The van der Waals surface area contributed by atoms with Crippen molar-refractivity contribution >= 4 is 11.9 Å². The minimum absolute atomic E-state index is 0.275. The Morgan fingerprint density at radius 1 is 0.909 bits per heavy atom. The lowest BCUT2D eigenvalue weighted by Gasteiger charge is -2.26. The maximum Gasteiger partial charge on any atom is 0.332 e. The Labute approximate surface area is 128 Å². The number of carbonyl (C=O) groups excluding carboxylic acids is 2. The van der Waals surface area contributed by atoms with Crippen LogP contribution in [0.4, 0.5) is 0 Å². The van der Waals surface area contributed by atoms with E-state index in [1.807, 2.05) is 0 Å². The van der Waals surface area contributed by atoms with Crippen molar-refractivity contribution in [3.8, 4) is 0 Å². The third-order valence-corrected chi connectivity index (χ3v) is 2.89. The van der Waals surface area contributed by atoms with Crippen LogP contribution in [0.1, 0.15) is 25.0 Å². The third kappa shape index (κ3) is 4.28. The van der Waals surface area contributed by atoms with Crippen LogP contribution in [0, 0.1) is 0 Å². The molecule has 0 bridgehead atoms. The summed E-state index contributed by atoms with van der Waals surface area (Å²) in [5.74, 6) is -5.26. The topological polar surface area (TPSA) is 93.1 Å². The molecule has 118 valence electrons. The van der Waals surface area contributed by atoms with Gasteiger partial charge in [-0.2, -0.15) is 0 Å². The van der Waals surface area contributed by atoms with Gasteiger partial charge in [0.15, 0.2) is 0 Å². The van der Waals surface area contributed by atoms with Crippen molar-refractivity contribution in [3.63, 3.8) is 0 Å². The summed E-state index contributed by atoms with van der Waals surface area (Å²) in [6.45, 7) is 9.07. The standard InChI is InChI=1S/C16H18O6/c1-5-13(17)21-15(3,19)11-7-9-12(10-8-11)16(4,20)22-14(18)6-2/h5-10,19-20H,1-2H2,3-4H3. The fourth-order valence-electron chi connectivity index (χ4n) is 1.68. The minimum Gasteiger partial charge on any atom is -0.426 e. The molecule has 0 radical (unpaired) electrons. The van der Waals surface area contributed by atoms with E-state index in [1.165, 1.54) is 38.1 Å². The van der Waals surface area contributed by atoms with E-state index >= 15 is 0 Å². The highest BCUT2D eigenvalue weighted by molar-refractivity contribution is 5.82. The van der Waals surface area contributed by atoms with Gasteiger partial charge in [0, 0.05) is 37.1 Å². The van der Waals surface area contributed by atoms with E-state index in [0.29, 0.717) is 0 Å². The quantitative estimate of drug-likeness (QED) is 0.470. The van der Waals surface area contributed by atoms with Crippen LogP contribution >= 0.6 is 0 Å². The number of benzene rings is 1. The van der Waals surface area contributed by atoms with Crippen LogP contribution in [0.25, 0.3) is 0 Å².